The van der Waals surface area contributed by atoms with Crippen LogP contribution in [0.5, 0.6) is 5.75 Å². The van der Waals surface area contributed by atoms with E-state index >= 15 is 0 Å². The molecule has 7 heteroatoms. The quantitative estimate of drug-likeness (QED) is 0.762. The van der Waals surface area contributed by atoms with Crippen LogP contribution in [-0.2, 0) is 14.8 Å². The highest BCUT2D eigenvalue weighted by atomic mass is 32.2. The Hall–Kier alpha value is -2.38. The van der Waals surface area contributed by atoms with Crippen LogP contribution in [0.1, 0.15) is 37.8 Å². The third-order valence-electron chi connectivity index (χ3n) is 4.43. The molecule has 0 fully saturated rings. The van der Waals surface area contributed by atoms with E-state index in [1.54, 1.807) is 19.1 Å². The van der Waals surface area contributed by atoms with Crippen molar-refractivity contribution in [1.82, 2.24) is 4.31 Å². The van der Waals surface area contributed by atoms with Gasteiger partial charge >= 0.3 is 0 Å². The molecule has 6 nitrogen and oxygen atoms in total. The number of anilines is 1. The van der Waals surface area contributed by atoms with Crippen LogP contribution in [0.25, 0.3) is 0 Å². The summed E-state index contributed by atoms with van der Waals surface area (Å²) in [5.74, 6) is 0.667. The fourth-order valence-corrected chi connectivity index (χ4v) is 3.48. The van der Waals surface area contributed by atoms with Crippen molar-refractivity contribution in [3.8, 4) is 5.75 Å². The van der Waals surface area contributed by atoms with E-state index in [9.17, 15) is 13.2 Å². The van der Waals surface area contributed by atoms with E-state index in [1.165, 1.54) is 26.2 Å². The van der Waals surface area contributed by atoms with E-state index in [0.29, 0.717) is 17.4 Å². The molecule has 1 unspecified atom stereocenters. The Balaban J connectivity index is 2.15. The Bertz CT molecular complexity index is 953. The first kappa shape index (κ1) is 21.9. The maximum absolute atomic E-state index is 12.5. The van der Waals surface area contributed by atoms with Gasteiger partial charge in [0.1, 0.15) is 5.75 Å². The number of hydrogen-bond acceptors (Lipinski definition) is 4. The molecule has 0 aliphatic carbocycles. The normalized spacial score (nSPS) is 12.9. The molecule has 2 aromatic carbocycles. The fourth-order valence-electron chi connectivity index (χ4n) is 2.54. The van der Waals surface area contributed by atoms with Crippen LogP contribution in [0.15, 0.2) is 47.4 Å². The lowest BCUT2D eigenvalue weighted by atomic mass is 10.0. The summed E-state index contributed by atoms with van der Waals surface area (Å²) in [6.45, 7) is 7.79. The Labute approximate surface area is 167 Å². The van der Waals surface area contributed by atoms with Crippen molar-refractivity contribution in [1.29, 1.82) is 0 Å². The van der Waals surface area contributed by atoms with E-state index in [1.807, 2.05) is 25.1 Å². The van der Waals surface area contributed by atoms with Gasteiger partial charge in [0.25, 0.3) is 5.91 Å². The molecule has 1 N–H and O–H groups in total. The summed E-state index contributed by atoms with van der Waals surface area (Å²) >= 11 is 0. The smallest absolute Gasteiger partial charge is 0.265 e. The van der Waals surface area contributed by atoms with Crippen LogP contribution in [0, 0.1) is 6.92 Å². The van der Waals surface area contributed by atoms with Crippen molar-refractivity contribution >= 4 is 21.6 Å². The second kappa shape index (κ2) is 8.75. The first-order valence-corrected chi connectivity index (χ1v) is 10.6. The minimum atomic E-state index is -3.57. The second-order valence-corrected chi connectivity index (χ2v) is 9.40. The summed E-state index contributed by atoms with van der Waals surface area (Å²) in [5, 5.41) is 2.72. The molecule has 0 heterocycles. The average Bonchev–Trinajstić information content (AvgIpc) is 2.63. The molecule has 2 rings (SSSR count). The number of carbonyl (C=O) groups is 1. The van der Waals surface area contributed by atoms with E-state index in [0.717, 1.165) is 15.4 Å². The molecule has 0 aliphatic rings. The summed E-state index contributed by atoms with van der Waals surface area (Å²) in [6.07, 6.45) is -0.741. The number of nitrogens with zero attached hydrogens (tertiary/aromatic N) is 1. The van der Waals surface area contributed by atoms with Gasteiger partial charge in [0.15, 0.2) is 6.10 Å². The Morgan fingerprint density at radius 1 is 1.07 bits per heavy atom. The zero-order chi connectivity index (χ0) is 21.1. The SMILES string of the molecule is Cc1ccc(C(C)C)cc1OC(C)C(=O)Nc1cccc(S(=O)(=O)N(C)C)c1. The van der Waals surface area contributed by atoms with Gasteiger partial charge in [-0.1, -0.05) is 32.0 Å². The van der Waals surface area contributed by atoms with Crippen LogP contribution in [-0.4, -0.2) is 38.8 Å². The lowest BCUT2D eigenvalue weighted by Crippen LogP contribution is -2.30. The number of benzene rings is 2. The van der Waals surface area contributed by atoms with Gasteiger partial charge in [0.2, 0.25) is 10.0 Å². The molecular formula is C21H28N2O4S. The topological polar surface area (TPSA) is 75.7 Å². The summed E-state index contributed by atoms with van der Waals surface area (Å²) < 4.78 is 31.5. The minimum Gasteiger partial charge on any atom is -0.481 e. The fraction of sp³-hybridized carbons (Fsp3) is 0.381. The third kappa shape index (κ3) is 5.11. The molecule has 0 saturated carbocycles. The predicted molar refractivity (Wildman–Crippen MR) is 111 cm³/mol. The second-order valence-electron chi connectivity index (χ2n) is 7.24. The number of sulfonamides is 1. The highest BCUT2D eigenvalue weighted by molar-refractivity contribution is 7.89. The number of rotatable bonds is 7. The molecule has 0 aromatic heterocycles. The van der Waals surface area contributed by atoms with Crippen LogP contribution < -0.4 is 10.1 Å². The average molecular weight is 405 g/mol. The summed E-state index contributed by atoms with van der Waals surface area (Å²) in [5.41, 5.74) is 2.48. The Kier molecular flexibility index (Phi) is 6.85. The summed E-state index contributed by atoms with van der Waals surface area (Å²) in [4.78, 5) is 12.7. The molecule has 1 atom stereocenters. The first-order valence-electron chi connectivity index (χ1n) is 9.13. The first-order chi connectivity index (χ1) is 13.0. The van der Waals surface area contributed by atoms with Gasteiger partial charge < -0.3 is 10.1 Å². The summed E-state index contributed by atoms with van der Waals surface area (Å²) in [7, 11) is -0.647. The molecule has 1 amide bonds. The maximum atomic E-state index is 12.5. The van der Waals surface area contributed by atoms with Crippen LogP contribution >= 0.6 is 0 Å². The van der Waals surface area contributed by atoms with Crippen LogP contribution in [0.3, 0.4) is 0 Å². The number of amides is 1. The third-order valence-corrected chi connectivity index (χ3v) is 6.24. The number of ether oxygens (including phenoxy) is 1. The van der Waals surface area contributed by atoms with Crippen molar-refractivity contribution in [2.75, 3.05) is 19.4 Å². The van der Waals surface area contributed by atoms with Gasteiger partial charge in [0, 0.05) is 19.8 Å². The van der Waals surface area contributed by atoms with Crippen LogP contribution in [0.4, 0.5) is 5.69 Å². The van der Waals surface area contributed by atoms with Gasteiger partial charge in [-0.3, -0.25) is 4.79 Å². The van der Waals surface area contributed by atoms with Gasteiger partial charge in [0.05, 0.1) is 4.90 Å². The van der Waals surface area contributed by atoms with Crippen molar-refractivity contribution in [3.05, 3.63) is 53.6 Å². The largest absolute Gasteiger partial charge is 0.481 e. The van der Waals surface area contributed by atoms with Gasteiger partial charge in [-0.2, -0.15) is 0 Å². The molecule has 0 aliphatic heterocycles. The van der Waals surface area contributed by atoms with E-state index in [-0.39, 0.29) is 10.8 Å². The monoisotopic (exact) mass is 404 g/mol. The molecule has 0 bridgehead atoms. The van der Waals surface area contributed by atoms with Gasteiger partial charge in [-0.15, -0.1) is 0 Å². The number of aryl methyl sites for hydroxylation is 1. The maximum Gasteiger partial charge on any atom is 0.265 e. The zero-order valence-electron chi connectivity index (χ0n) is 17.2. The van der Waals surface area contributed by atoms with E-state index in [4.69, 9.17) is 4.74 Å². The predicted octanol–water partition coefficient (Wildman–Crippen LogP) is 3.77. The zero-order valence-corrected chi connectivity index (χ0v) is 18.0. The van der Waals surface area contributed by atoms with E-state index in [2.05, 4.69) is 19.2 Å². The lowest BCUT2D eigenvalue weighted by molar-refractivity contribution is -0.122. The van der Waals surface area contributed by atoms with Crippen molar-refractivity contribution in [3.63, 3.8) is 0 Å². The Morgan fingerprint density at radius 2 is 1.75 bits per heavy atom. The summed E-state index contributed by atoms with van der Waals surface area (Å²) in [6, 6.07) is 12.1. The molecular weight excluding hydrogens is 376 g/mol. The molecule has 0 radical (unpaired) electrons. The molecule has 152 valence electrons. The highest BCUT2D eigenvalue weighted by Crippen LogP contribution is 2.25. The number of nitrogens with one attached hydrogen (secondary N) is 1. The molecule has 0 saturated heterocycles. The number of carbonyl (C=O) groups excluding carboxylic acids is 1. The van der Waals surface area contributed by atoms with Gasteiger partial charge in [-0.25, -0.2) is 12.7 Å². The van der Waals surface area contributed by atoms with Crippen molar-refractivity contribution < 1.29 is 17.9 Å². The van der Waals surface area contributed by atoms with E-state index < -0.39 is 16.1 Å². The number of hydrogen-bond donors (Lipinski definition) is 1. The molecule has 0 spiro atoms. The molecule has 28 heavy (non-hydrogen) atoms. The standard InChI is InChI=1S/C21H28N2O4S/c1-14(2)17-11-10-15(3)20(12-17)27-16(4)21(24)22-18-8-7-9-19(13-18)28(25,26)23(5)6/h7-14,16H,1-6H3,(H,22,24). The lowest BCUT2D eigenvalue weighted by Gasteiger charge is -2.18. The van der Waals surface area contributed by atoms with Crippen molar-refractivity contribution in [2.45, 2.75) is 44.6 Å². The Morgan fingerprint density at radius 3 is 2.36 bits per heavy atom. The highest BCUT2D eigenvalue weighted by Gasteiger charge is 2.20. The molecule has 2 aromatic rings. The van der Waals surface area contributed by atoms with Gasteiger partial charge in [-0.05, 0) is 55.2 Å². The van der Waals surface area contributed by atoms with Crippen molar-refractivity contribution in [2.24, 2.45) is 0 Å². The minimum absolute atomic E-state index is 0.115. The van der Waals surface area contributed by atoms with Crippen LogP contribution in [0.2, 0.25) is 0 Å².